The topological polar surface area (TPSA) is 58.2 Å². The molecule has 98 valence electrons. The molecule has 0 aliphatic heterocycles. The van der Waals surface area contributed by atoms with Gasteiger partial charge in [0.25, 0.3) is 0 Å². The molecule has 2 N–H and O–H groups in total. The van der Waals surface area contributed by atoms with E-state index in [1.165, 1.54) is 19.1 Å². The second-order valence-corrected chi connectivity index (χ2v) is 4.29. The van der Waals surface area contributed by atoms with Crippen molar-refractivity contribution in [3.63, 3.8) is 0 Å². The van der Waals surface area contributed by atoms with E-state index in [1.807, 2.05) is 13.8 Å². The number of anilines is 1. The van der Waals surface area contributed by atoms with Gasteiger partial charge in [0.1, 0.15) is 5.82 Å². The number of carbonyl (C=O) groups excluding carboxylic acids is 2. The summed E-state index contributed by atoms with van der Waals surface area (Å²) in [5.74, 6) is -1.17. The molecule has 0 saturated heterocycles. The Bertz CT molecular complexity index is 458. The van der Waals surface area contributed by atoms with Gasteiger partial charge in [0, 0.05) is 11.7 Å². The summed E-state index contributed by atoms with van der Waals surface area (Å²) in [6, 6.07) is 4.32. The molecule has 0 saturated carbocycles. The summed E-state index contributed by atoms with van der Waals surface area (Å²) in [6.45, 7) is 4.99. The number of rotatable bonds is 5. The highest BCUT2D eigenvalue weighted by Gasteiger charge is 2.13. The molecule has 0 atom stereocenters. The Morgan fingerprint density at radius 2 is 2.00 bits per heavy atom. The molecule has 0 unspecified atom stereocenters. The van der Waals surface area contributed by atoms with E-state index >= 15 is 0 Å². The Kier molecular flexibility index (Phi) is 4.83. The van der Waals surface area contributed by atoms with Crippen LogP contribution in [0.25, 0.3) is 0 Å². The van der Waals surface area contributed by atoms with E-state index in [0.29, 0.717) is 5.69 Å². The maximum absolute atomic E-state index is 13.5. The average molecular weight is 252 g/mol. The molecule has 4 nitrogen and oxygen atoms in total. The second kappa shape index (κ2) is 6.14. The van der Waals surface area contributed by atoms with Crippen LogP contribution >= 0.6 is 0 Å². The van der Waals surface area contributed by atoms with Crippen molar-refractivity contribution in [3.8, 4) is 0 Å². The molecule has 1 aromatic carbocycles. The fraction of sp³-hybridized carbons (Fsp3) is 0.385. The van der Waals surface area contributed by atoms with Gasteiger partial charge in [-0.1, -0.05) is 6.07 Å². The van der Waals surface area contributed by atoms with Crippen LogP contribution in [0, 0.1) is 5.82 Å². The summed E-state index contributed by atoms with van der Waals surface area (Å²) in [4.78, 5) is 22.8. The molecule has 1 aromatic rings. The molecular weight excluding hydrogens is 235 g/mol. The summed E-state index contributed by atoms with van der Waals surface area (Å²) in [7, 11) is 0. The Morgan fingerprint density at radius 1 is 1.33 bits per heavy atom. The summed E-state index contributed by atoms with van der Waals surface area (Å²) in [5, 5.41) is 5.46. The average Bonchev–Trinajstić information content (AvgIpc) is 2.24. The highest BCUT2D eigenvalue weighted by atomic mass is 19.1. The molecule has 0 heterocycles. The summed E-state index contributed by atoms with van der Waals surface area (Å²) >= 11 is 0. The van der Waals surface area contributed by atoms with Crippen LogP contribution < -0.4 is 10.6 Å². The Balaban J connectivity index is 2.76. The van der Waals surface area contributed by atoms with Gasteiger partial charge >= 0.3 is 0 Å². The van der Waals surface area contributed by atoms with E-state index < -0.39 is 5.82 Å². The Labute approximate surface area is 106 Å². The number of nitrogens with one attached hydrogen (secondary N) is 2. The second-order valence-electron chi connectivity index (χ2n) is 4.29. The maximum atomic E-state index is 13.5. The highest BCUT2D eigenvalue weighted by molar-refractivity contribution is 6.00. The lowest BCUT2D eigenvalue weighted by atomic mass is 10.1. The Morgan fingerprint density at radius 3 is 2.56 bits per heavy atom. The molecule has 1 rings (SSSR count). The van der Waals surface area contributed by atoms with Crippen LogP contribution in [-0.2, 0) is 4.79 Å². The van der Waals surface area contributed by atoms with Gasteiger partial charge in [0.2, 0.25) is 5.91 Å². The SMILES string of the molecule is CC(=O)c1c(F)cccc1NCC(=O)NC(C)C. The van der Waals surface area contributed by atoms with Gasteiger partial charge in [-0.3, -0.25) is 9.59 Å². The summed E-state index contributed by atoms with van der Waals surface area (Å²) in [5.41, 5.74) is 0.316. The number of amides is 1. The molecular formula is C13H17FN2O2. The molecule has 0 bridgehead atoms. The van der Waals surface area contributed by atoms with Crippen LogP contribution in [-0.4, -0.2) is 24.3 Å². The van der Waals surface area contributed by atoms with Crippen LogP contribution in [0.1, 0.15) is 31.1 Å². The molecule has 0 fully saturated rings. The lowest BCUT2D eigenvalue weighted by Crippen LogP contribution is -2.35. The lowest BCUT2D eigenvalue weighted by Gasteiger charge is -2.12. The zero-order chi connectivity index (χ0) is 13.7. The van der Waals surface area contributed by atoms with Crippen LogP contribution in [0.2, 0.25) is 0 Å². The summed E-state index contributed by atoms with van der Waals surface area (Å²) in [6.07, 6.45) is 0. The van der Waals surface area contributed by atoms with Crippen molar-refractivity contribution >= 4 is 17.4 Å². The van der Waals surface area contributed by atoms with E-state index in [1.54, 1.807) is 6.07 Å². The van der Waals surface area contributed by atoms with Crippen LogP contribution in [0.5, 0.6) is 0 Å². The first kappa shape index (κ1) is 14.2. The fourth-order valence-electron chi connectivity index (χ4n) is 1.58. The third kappa shape index (κ3) is 3.84. The predicted octanol–water partition coefficient (Wildman–Crippen LogP) is 1.96. The minimum atomic E-state index is -0.586. The van der Waals surface area contributed by atoms with Crippen molar-refractivity contribution in [1.82, 2.24) is 5.32 Å². The van der Waals surface area contributed by atoms with Crippen molar-refractivity contribution in [2.45, 2.75) is 26.8 Å². The fourth-order valence-corrected chi connectivity index (χ4v) is 1.58. The van der Waals surface area contributed by atoms with E-state index in [2.05, 4.69) is 10.6 Å². The van der Waals surface area contributed by atoms with Crippen molar-refractivity contribution < 1.29 is 14.0 Å². The van der Waals surface area contributed by atoms with Crippen molar-refractivity contribution in [2.75, 3.05) is 11.9 Å². The molecule has 0 aliphatic carbocycles. The number of halogens is 1. The number of hydrogen-bond acceptors (Lipinski definition) is 3. The smallest absolute Gasteiger partial charge is 0.239 e. The molecule has 5 heteroatoms. The molecule has 0 aromatic heterocycles. The van der Waals surface area contributed by atoms with Crippen molar-refractivity contribution in [1.29, 1.82) is 0 Å². The zero-order valence-corrected chi connectivity index (χ0v) is 10.7. The highest BCUT2D eigenvalue weighted by Crippen LogP contribution is 2.19. The number of Topliss-reactive ketones (excluding diaryl/α,β-unsaturated/α-hetero) is 1. The Hall–Kier alpha value is -1.91. The number of ketones is 1. The number of carbonyl (C=O) groups is 2. The van der Waals surface area contributed by atoms with Gasteiger partial charge in [-0.05, 0) is 32.9 Å². The van der Waals surface area contributed by atoms with Crippen LogP contribution in [0.15, 0.2) is 18.2 Å². The zero-order valence-electron chi connectivity index (χ0n) is 10.7. The maximum Gasteiger partial charge on any atom is 0.239 e. The minimum Gasteiger partial charge on any atom is -0.375 e. The van der Waals surface area contributed by atoms with Crippen LogP contribution in [0.4, 0.5) is 10.1 Å². The third-order valence-corrected chi connectivity index (χ3v) is 2.25. The first-order valence-electron chi connectivity index (χ1n) is 5.74. The monoisotopic (exact) mass is 252 g/mol. The largest absolute Gasteiger partial charge is 0.375 e. The van der Waals surface area contributed by atoms with Gasteiger partial charge in [-0.15, -0.1) is 0 Å². The van der Waals surface area contributed by atoms with Gasteiger partial charge < -0.3 is 10.6 Å². The van der Waals surface area contributed by atoms with E-state index in [4.69, 9.17) is 0 Å². The first-order valence-corrected chi connectivity index (χ1v) is 5.74. The minimum absolute atomic E-state index is 0.00190. The molecule has 0 aliphatic rings. The van der Waals surface area contributed by atoms with Crippen LogP contribution in [0.3, 0.4) is 0 Å². The first-order chi connectivity index (χ1) is 8.41. The van der Waals surface area contributed by atoms with Gasteiger partial charge in [0.05, 0.1) is 12.1 Å². The number of benzene rings is 1. The van der Waals surface area contributed by atoms with Crippen molar-refractivity contribution in [2.24, 2.45) is 0 Å². The van der Waals surface area contributed by atoms with Gasteiger partial charge in [-0.25, -0.2) is 4.39 Å². The standard InChI is InChI=1S/C13H17FN2O2/c1-8(2)16-12(18)7-15-11-6-4-5-10(14)13(11)9(3)17/h4-6,8,15H,7H2,1-3H3,(H,16,18). The van der Waals surface area contributed by atoms with E-state index in [-0.39, 0.29) is 29.8 Å². The van der Waals surface area contributed by atoms with E-state index in [0.717, 1.165) is 0 Å². The number of hydrogen-bond donors (Lipinski definition) is 2. The van der Waals surface area contributed by atoms with Gasteiger partial charge in [0.15, 0.2) is 5.78 Å². The predicted molar refractivity (Wildman–Crippen MR) is 68.2 cm³/mol. The molecule has 18 heavy (non-hydrogen) atoms. The summed E-state index contributed by atoms with van der Waals surface area (Å²) < 4.78 is 13.5. The van der Waals surface area contributed by atoms with Crippen molar-refractivity contribution in [3.05, 3.63) is 29.6 Å². The molecule has 0 spiro atoms. The molecule has 0 radical (unpaired) electrons. The lowest BCUT2D eigenvalue weighted by molar-refractivity contribution is -0.119. The van der Waals surface area contributed by atoms with Gasteiger partial charge in [-0.2, -0.15) is 0 Å². The third-order valence-electron chi connectivity index (χ3n) is 2.25. The van der Waals surface area contributed by atoms with E-state index in [9.17, 15) is 14.0 Å². The normalized spacial score (nSPS) is 10.3. The quantitative estimate of drug-likeness (QED) is 0.788. The molecule has 1 amide bonds.